The summed E-state index contributed by atoms with van der Waals surface area (Å²) in [5, 5.41) is 0. The average Bonchev–Trinajstić information content (AvgIpc) is 2.48. The van der Waals surface area contributed by atoms with Crippen LogP contribution in [0.4, 0.5) is 0 Å². The Morgan fingerprint density at radius 1 is 0.214 bits per heavy atom. The normalized spacial score (nSPS) is 25.5. The van der Waals surface area contributed by atoms with E-state index in [0.717, 1.165) is 110 Å². The van der Waals surface area contributed by atoms with E-state index in [1.165, 1.54) is 55.6 Å². The Morgan fingerprint density at radius 2 is 0.357 bits per heavy atom. The van der Waals surface area contributed by atoms with Crippen LogP contribution in [0.25, 0.3) is 55.6 Å². The first-order valence-electron chi connectivity index (χ1n) is 30.3. The SMILES string of the molecule is COCOC12CCC(C)(CC1)c1ccc(cc1)-c1ccc(cc1)-c1ccc(cc1)C1(C)CCC(OCOC)(CC1)c1ccc(cc1)-c1ccc(cc1)C1(OCOC)CCC(OCOC)(CC1)c1ccc(cc1)-c1ccc(cc1)-c1ccc2cc1. The van der Waals surface area contributed by atoms with Crippen LogP contribution in [0.3, 0.4) is 0 Å². The van der Waals surface area contributed by atoms with Crippen molar-refractivity contribution in [1.82, 2.24) is 0 Å². The standard InChI is InChI=1S/C76H82O8/c1-71-39-43-73(44-40-71,81-51-77-3)67-31-19-61(20-32-67)57-11-13-58(14-12-57)62-21-35-69(36-22-62)75(83-53-79-5)47-49-76(50-48-75,84-54-80-6)70-37-25-64(26-38-70)63-23-33-68(34-24-63)74(82-52-78-4)45-41-72(2,42-46-74)66-29-17-60(18-30-66)56-9-7-55(8-10-56)59-15-27-65(71)28-16-59/h7-38H,39-54H2,1-6H3. The first kappa shape index (κ1) is 57.9. The highest BCUT2D eigenvalue weighted by molar-refractivity contribution is 5.73. The summed E-state index contributed by atoms with van der Waals surface area (Å²) < 4.78 is 49.1. The molecule has 0 N–H and O–H groups in total. The molecule has 0 amide bonds. The molecule has 0 saturated heterocycles. The molecule has 3 saturated carbocycles. The summed E-state index contributed by atoms with van der Waals surface area (Å²) in [4.78, 5) is 0. The lowest BCUT2D eigenvalue weighted by Gasteiger charge is -2.46. The lowest BCUT2D eigenvalue weighted by molar-refractivity contribution is -0.203. The first-order valence-corrected chi connectivity index (χ1v) is 30.3. The number of ether oxygens (including phenoxy) is 8. The van der Waals surface area contributed by atoms with Gasteiger partial charge >= 0.3 is 0 Å². The smallest absolute Gasteiger partial charge is 0.147 e. The molecule has 8 heteroatoms. The van der Waals surface area contributed by atoms with Gasteiger partial charge in [-0.1, -0.05) is 208 Å². The molecule has 0 aromatic heterocycles. The predicted octanol–water partition coefficient (Wildman–Crippen LogP) is 17.9. The van der Waals surface area contributed by atoms with Crippen molar-refractivity contribution in [2.24, 2.45) is 0 Å². The molecule has 8 nitrogen and oxygen atoms in total. The maximum Gasteiger partial charge on any atom is 0.147 e. The van der Waals surface area contributed by atoms with Gasteiger partial charge in [0.25, 0.3) is 0 Å². The van der Waals surface area contributed by atoms with Crippen molar-refractivity contribution >= 4 is 0 Å². The Hall–Kier alpha value is -6.56. The second-order valence-corrected chi connectivity index (χ2v) is 24.9. The van der Waals surface area contributed by atoms with Crippen molar-refractivity contribution in [2.75, 3.05) is 55.6 Å². The van der Waals surface area contributed by atoms with Crippen LogP contribution in [-0.4, -0.2) is 55.6 Å². The van der Waals surface area contributed by atoms with Gasteiger partial charge in [-0.15, -0.1) is 0 Å². The van der Waals surface area contributed by atoms with Crippen LogP contribution in [0.5, 0.6) is 0 Å². The van der Waals surface area contributed by atoms with Crippen LogP contribution in [0.15, 0.2) is 194 Å². The molecule has 3 fully saturated rings. The molecule has 84 heavy (non-hydrogen) atoms. The third-order valence-corrected chi connectivity index (χ3v) is 20.2. The minimum Gasteiger partial charge on any atom is -0.359 e. The molecule has 0 radical (unpaired) electrons. The molecule has 0 unspecified atom stereocenters. The Bertz CT molecular complexity index is 3420. The van der Waals surface area contributed by atoms with E-state index < -0.39 is 22.4 Å². The number of hydrogen-bond acceptors (Lipinski definition) is 8. The van der Waals surface area contributed by atoms with Gasteiger partial charge in [-0.25, -0.2) is 0 Å². The summed E-state index contributed by atoms with van der Waals surface area (Å²) in [6.45, 7) is 5.74. The predicted molar refractivity (Wildman–Crippen MR) is 335 cm³/mol. The summed E-state index contributed by atoms with van der Waals surface area (Å²) in [6.07, 6.45) is 10.6. The lowest BCUT2D eigenvalue weighted by Crippen LogP contribution is -2.43. The maximum absolute atomic E-state index is 6.73. The van der Waals surface area contributed by atoms with Crippen molar-refractivity contribution in [3.63, 3.8) is 0 Å². The van der Waals surface area contributed by atoms with Gasteiger partial charge in [-0.3, -0.25) is 0 Å². The molecule has 26 aliphatic rings. The Kier molecular flexibility index (Phi) is 16.8. The van der Waals surface area contributed by atoms with Crippen molar-refractivity contribution in [3.05, 3.63) is 228 Å². The molecule has 22 bridgehead atoms. The van der Waals surface area contributed by atoms with E-state index in [2.05, 4.69) is 208 Å². The molecule has 26 aliphatic carbocycles. The molecule has 0 aliphatic heterocycles. The van der Waals surface area contributed by atoms with Crippen molar-refractivity contribution in [1.29, 1.82) is 0 Å². The molecule has 34 rings (SSSR count). The molecule has 0 atom stereocenters. The molecule has 434 valence electrons. The number of methoxy groups -OCH3 is 4. The Balaban J connectivity index is 0.848. The van der Waals surface area contributed by atoms with E-state index in [4.69, 9.17) is 37.9 Å². The van der Waals surface area contributed by atoms with E-state index in [0.29, 0.717) is 0 Å². The number of benzene rings is 8. The Labute approximate surface area is 498 Å². The fourth-order valence-electron chi connectivity index (χ4n) is 14.5. The number of hydrogen-bond donors (Lipinski definition) is 0. The van der Waals surface area contributed by atoms with Gasteiger partial charge in [0.2, 0.25) is 0 Å². The lowest BCUT2D eigenvalue weighted by atomic mass is 9.64. The molecular formula is C76H82O8. The van der Waals surface area contributed by atoms with Crippen LogP contribution in [0.2, 0.25) is 0 Å². The number of rotatable bonds is 12. The van der Waals surface area contributed by atoms with Gasteiger partial charge < -0.3 is 37.9 Å². The van der Waals surface area contributed by atoms with Crippen molar-refractivity contribution in [3.8, 4) is 55.6 Å². The minimum atomic E-state index is -0.550. The van der Waals surface area contributed by atoms with Gasteiger partial charge in [0.05, 0.1) is 22.4 Å². The second kappa shape index (κ2) is 24.4. The van der Waals surface area contributed by atoms with Crippen LogP contribution < -0.4 is 0 Å². The quantitative estimate of drug-likeness (QED) is 0.112. The summed E-state index contributed by atoms with van der Waals surface area (Å²) in [5.74, 6) is 0. The van der Waals surface area contributed by atoms with E-state index in [-0.39, 0.29) is 38.0 Å². The zero-order chi connectivity index (χ0) is 57.8. The van der Waals surface area contributed by atoms with Crippen LogP contribution in [-0.2, 0) is 71.1 Å². The summed E-state index contributed by atoms with van der Waals surface area (Å²) in [6, 6.07) is 72.5. The van der Waals surface area contributed by atoms with Crippen molar-refractivity contribution in [2.45, 2.75) is 124 Å². The monoisotopic (exact) mass is 1120 g/mol. The first-order chi connectivity index (χ1) is 40.9. The fraction of sp³-hybridized carbons (Fsp3) is 0.368. The zero-order valence-corrected chi connectivity index (χ0v) is 50.1. The molecule has 8 aromatic carbocycles. The Morgan fingerprint density at radius 3 is 0.524 bits per heavy atom. The van der Waals surface area contributed by atoms with Crippen molar-refractivity contribution < 1.29 is 37.9 Å². The summed E-state index contributed by atoms with van der Waals surface area (Å²) in [5.41, 5.74) is 17.4. The third kappa shape index (κ3) is 11.4. The summed E-state index contributed by atoms with van der Waals surface area (Å²) in [7, 11) is 6.81. The fourth-order valence-corrected chi connectivity index (χ4v) is 14.5. The van der Waals surface area contributed by atoms with Gasteiger partial charge in [0.1, 0.15) is 27.2 Å². The molecule has 8 aromatic rings. The van der Waals surface area contributed by atoms with Crippen LogP contribution in [0.1, 0.15) is 124 Å². The van der Waals surface area contributed by atoms with Crippen LogP contribution >= 0.6 is 0 Å². The minimum absolute atomic E-state index is 0.0180. The largest absolute Gasteiger partial charge is 0.359 e. The highest BCUT2D eigenvalue weighted by atomic mass is 16.7. The van der Waals surface area contributed by atoms with Gasteiger partial charge in [0.15, 0.2) is 0 Å². The van der Waals surface area contributed by atoms with E-state index in [1.54, 1.807) is 28.4 Å². The topological polar surface area (TPSA) is 73.8 Å². The summed E-state index contributed by atoms with van der Waals surface area (Å²) >= 11 is 0. The highest BCUT2D eigenvalue weighted by Crippen LogP contribution is 2.53. The van der Waals surface area contributed by atoms with E-state index in [9.17, 15) is 0 Å². The molecular weight excluding hydrogens is 1040 g/mol. The zero-order valence-electron chi connectivity index (χ0n) is 50.1. The van der Waals surface area contributed by atoms with Gasteiger partial charge in [0, 0.05) is 28.4 Å². The average molecular weight is 1120 g/mol. The van der Waals surface area contributed by atoms with Crippen LogP contribution in [0, 0.1) is 0 Å². The molecule has 0 heterocycles. The van der Waals surface area contributed by atoms with Gasteiger partial charge in [-0.2, -0.15) is 0 Å². The maximum atomic E-state index is 6.73. The van der Waals surface area contributed by atoms with E-state index in [1.807, 2.05) is 0 Å². The highest BCUT2D eigenvalue weighted by Gasteiger charge is 2.48. The second-order valence-electron chi connectivity index (χ2n) is 24.9. The van der Waals surface area contributed by atoms with E-state index >= 15 is 0 Å². The third-order valence-electron chi connectivity index (χ3n) is 20.2. The van der Waals surface area contributed by atoms with Gasteiger partial charge in [-0.05, 0) is 177 Å². The molecule has 0 spiro atoms.